The van der Waals surface area contributed by atoms with E-state index in [2.05, 4.69) is 47.0 Å². The number of aliphatic hydroxyl groups excluding tert-OH is 2. The van der Waals surface area contributed by atoms with Gasteiger partial charge < -0.3 is 61.9 Å². The summed E-state index contributed by atoms with van der Waals surface area (Å²) in [6, 6.07) is -2.15. The number of amides is 2. The third-order valence-electron chi connectivity index (χ3n) is 5.86. The largest absolute Gasteiger partial charge is 0.481 e. The molecule has 0 spiro atoms. The zero-order valence-electron chi connectivity index (χ0n) is 23.7. The topological polar surface area (TPSA) is 391 Å². The summed E-state index contributed by atoms with van der Waals surface area (Å²) in [5, 5.41) is 41.6. The lowest BCUT2D eigenvalue weighted by molar-refractivity contribution is -0.139. The summed E-state index contributed by atoms with van der Waals surface area (Å²) in [6.07, 6.45) is -3.43. The Morgan fingerprint density at radius 2 is 1.77 bits per heavy atom. The molecule has 3 unspecified atom stereocenters. The van der Waals surface area contributed by atoms with Crippen molar-refractivity contribution in [3.05, 3.63) is 12.7 Å². The van der Waals surface area contributed by atoms with Crippen LogP contribution in [0.2, 0.25) is 0 Å². The number of carboxylic acid groups (broad SMARTS) is 2. The molecule has 0 aliphatic carbocycles. The minimum absolute atomic E-state index is 0.0256. The van der Waals surface area contributed by atoms with Crippen molar-refractivity contribution in [1.82, 2.24) is 30.2 Å². The zero-order valence-corrected chi connectivity index (χ0v) is 26.4. The first-order valence-corrected chi connectivity index (χ1v) is 16.5. The van der Waals surface area contributed by atoms with E-state index in [1.165, 1.54) is 10.9 Å². The van der Waals surface area contributed by atoms with Crippen LogP contribution < -0.4 is 22.1 Å². The molecule has 1 aliphatic heterocycles. The van der Waals surface area contributed by atoms with Gasteiger partial charge in [-0.1, -0.05) is 0 Å². The van der Waals surface area contributed by atoms with Gasteiger partial charge in [0, 0.05) is 12.2 Å². The van der Waals surface area contributed by atoms with Crippen LogP contribution in [0.25, 0.3) is 11.2 Å². The highest BCUT2D eigenvalue weighted by molar-refractivity contribution is 7.80. The SMILES string of the molecule is NC(CCC(=O)NC(CS)C(=O)NCC(=O)O)C(=O)O.Nc1ncnc2c1ncn2[C@@H]1O[C@H](COP(=O)(O)OP(=O)(O)O)[C@@H](O)[C@H]1O. The van der Waals surface area contributed by atoms with E-state index in [0.29, 0.717) is 0 Å². The van der Waals surface area contributed by atoms with Gasteiger partial charge in [-0.15, -0.1) is 0 Å². The Balaban J connectivity index is 0.000000345. The van der Waals surface area contributed by atoms with Gasteiger partial charge in [0.2, 0.25) is 11.8 Å². The number of hydrogen-bond donors (Lipinski definition) is 12. The van der Waals surface area contributed by atoms with Gasteiger partial charge in [-0.05, 0) is 6.42 Å². The van der Waals surface area contributed by atoms with Gasteiger partial charge in [-0.3, -0.25) is 28.3 Å². The van der Waals surface area contributed by atoms with E-state index < -0.39 is 89.2 Å². The van der Waals surface area contributed by atoms with Gasteiger partial charge in [-0.2, -0.15) is 16.9 Å². The first kappa shape index (κ1) is 39.9. The lowest BCUT2D eigenvalue weighted by Crippen LogP contribution is -2.49. The molecule has 0 aromatic carbocycles. The molecular formula is C20H32N8O16P2S. The number of imidazole rings is 1. The van der Waals surface area contributed by atoms with Crippen molar-refractivity contribution in [1.29, 1.82) is 0 Å². The fraction of sp³-hybridized carbons (Fsp3) is 0.550. The minimum atomic E-state index is -5.29. The highest BCUT2D eigenvalue weighted by atomic mass is 32.1. The average Bonchev–Trinajstić information content (AvgIpc) is 3.52. The number of phosphoric ester groups is 1. The van der Waals surface area contributed by atoms with Crippen LogP contribution in [0, 0.1) is 0 Å². The van der Waals surface area contributed by atoms with Crippen LogP contribution in [0.5, 0.6) is 0 Å². The second-order valence-electron chi connectivity index (χ2n) is 9.36. The number of carbonyl (C=O) groups excluding carboxylic acids is 2. The standard InChI is InChI=1S/C10H15N5O10P2.C10H17N3O6S/c11-8-5-9(13-2-12-8)15(3-14-5)10-7(17)6(16)4(24-10)1-23-27(21,22)25-26(18,19)20;11-5(10(18)19)1-2-7(14)13-6(4-20)9(17)12-3-8(15)16/h2-4,6-7,10,16-17H,1H2,(H,21,22)(H2,11,12,13)(H2,18,19,20);5-6,20H,1-4,11H2,(H,12,17)(H,13,14)(H,15,16)(H,18,19)/t4-,6-,7-,10-;/m1./s1. The van der Waals surface area contributed by atoms with E-state index >= 15 is 0 Å². The summed E-state index contributed by atoms with van der Waals surface area (Å²) in [6.45, 7) is -1.38. The summed E-state index contributed by atoms with van der Waals surface area (Å²) < 4.78 is 36.8. The summed E-state index contributed by atoms with van der Waals surface area (Å²) >= 11 is 3.87. The van der Waals surface area contributed by atoms with Gasteiger partial charge in [0.05, 0.1) is 12.9 Å². The van der Waals surface area contributed by atoms with E-state index in [1.54, 1.807) is 0 Å². The molecule has 2 aromatic rings. The number of thiol groups is 1. The maximum Gasteiger partial charge on any atom is 0.481 e. The van der Waals surface area contributed by atoms with Crippen molar-refractivity contribution < 1.29 is 77.0 Å². The fourth-order valence-corrected chi connectivity index (χ4v) is 5.49. The van der Waals surface area contributed by atoms with Crippen molar-refractivity contribution in [2.24, 2.45) is 5.73 Å². The Morgan fingerprint density at radius 1 is 1.11 bits per heavy atom. The second kappa shape index (κ2) is 17.2. The molecule has 13 N–H and O–H groups in total. The molecule has 1 saturated heterocycles. The van der Waals surface area contributed by atoms with Gasteiger partial charge in [-0.25, -0.2) is 24.1 Å². The number of hydrogen-bond acceptors (Lipinski definition) is 17. The number of aliphatic hydroxyl groups is 2. The summed E-state index contributed by atoms with van der Waals surface area (Å²) in [7, 11) is -10.4. The van der Waals surface area contributed by atoms with Crippen molar-refractivity contribution >= 4 is 69.0 Å². The van der Waals surface area contributed by atoms with E-state index in [1.807, 2.05) is 0 Å². The number of fused-ring (bicyclic) bond motifs is 1. The molecule has 0 radical (unpaired) electrons. The van der Waals surface area contributed by atoms with Crippen LogP contribution in [0.15, 0.2) is 12.7 Å². The number of carboxylic acids is 2. The predicted molar refractivity (Wildman–Crippen MR) is 156 cm³/mol. The third kappa shape index (κ3) is 12.3. The second-order valence-corrected chi connectivity index (χ2v) is 12.6. The van der Waals surface area contributed by atoms with Crippen LogP contribution >= 0.6 is 28.3 Å². The molecule has 27 heteroatoms. The van der Waals surface area contributed by atoms with Crippen LogP contribution in [0.4, 0.5) is 5.82 Å². The normalized spacial score (nSPS) is 21.9. The van der Waals surface area contributed by atoms with Crippen LogP contribution in [0.1, 0.15) is 19.1 Å². The Hall–Kier alpha value is -3.32. The van der Waals surface area contributed by atoms with Crippen LogP contribution in [0.3, 0.4) is 0 Å². The number of rotatable bonds is 15. The minimum Gasteiger partial charge on any atom is -0.480 e. The molecule has 1 fully saturated rings. The van der Waals surface area contributed by atoms with Gasteiger partial charge in [0.1, 0.15) is 48.8 Å². The van der Waals surface area contributed by atoms with Crippen molar-refractivity contribution in [3.63, 3.8) is 0 Å². The van der Waals surface area contributed by atoms with Crippen molar-refractivity contribution in [3.8, 4) is 0 Å². The van der Waals surface area contributed by atoms with Crippen LogP contribution in [-0.4, -0.2) is 128 Å². The summed E-state index contributed by atoms with van der Waals surface area (Å²) in [5.41, 5.74) is 11.3. The monoisotopic (exact) mass is 734 g/mol. The quantitative estimate of drug-likeness (QED) is 0.0613. The van der Waals surface area contributed by atoms with E-state index in [9.17, 15) is 43.4 Å². The number of phosphoric acid groups is 2. The van der Waals surface area contributed by atoms with Crippen molar-refractivity contribution in [2.45, 2.75) is 49.5 Å². The molecule has 7 atom stereocenters. The van der Waals surface area contributed by atoms with E-state index in [-0.39, 0.29) is 35.6 Å². The maximum absolute atomic E-state index is 11.5. The first-order chi connectivity index (χ1) is 21.8. The number of aliphatic carboxylic acids is 2. The molecule has 3 heterocycles. The maximum atomic E-state index is 11.5. The van der Waals surface area contributed by atoms with E-state index in [4.69, 9.17) is 36.2 Å². The smallest absolute Gasteiger partial charge is 0.480 e. The molecule has 1 aliphatic rings. The van der Waals surface area contributed by atoms with Crippen LogP contribution in [-0.2, 0) is 41.9 Å². The molecular weight excluding hydrogens is 702 g/mol. The molecule has 3 rings (SSSR count). The zero-order chi connectivity index (χ0) is 35.7. The Labute approximate surface area is 268 Å². The summed E-state index contributed by atoms with van der Waals surface area (Å²) in [5.74, 6) is -3.62. The fourth-order valence-electron chi connectivity index (χ4n) is 3.64. The van der Waals surface area contributed by atoms with Gasteiger partial charge in [0.25, 0.3) is 0 Å². The third-order valence-corrected chi connectivity index (χ3v) is 8.37. The molecule has 0 bridgehead atoms. The molecule has 2 aromatic heterocycles. The molecule has 0 saturated carbocycles. The number of nitrogens with two attached hydrogens (primary N) is 2. The first-order valence-electron chi connectivity index (χ1n) is 12.8. The number of carbonyl (C=O) groups is 4. The number of aromatic nitrogens is 4. The Kier molecular flexibility index (Phi) is 14.6. The molecule has 264 valence electrons. The lowest BCUT2D eigenvalue weighted by atomic mass is 10.1. The lowest BCUT2D eigenvalue weighted by Gasteiger charge is -2.17. The molecule has 24 nitrogen and oxygen atoms in total. The predicted octanol–water partition coefficient (Wildman–Crippen LogP) is -3.95. The average molecular weight is 735 g/mol. The number of ether oxygens (including phenoxy) is 1. The highest BCUT2D eigenvalue weighted by Gasteiger charge is 2.46. The van der Waals surface area contributed by atoms with Gasteiger partial charge in [0.15, 0.2) is 17.7 Å². The number of nitrogens with zero attached hydrogens (tertiary/aromatic N) is 4. The van der Waals surface area contributed by atoms with E-state index in [0.717, 1.165) is 6.33 Å². The molecule has 2 amide bonds. The Bertz CT molecular complexity index is 1530. The Morgan fingerprint density at radius 3 is 2.34 bits per heavy atom. The van der Waals surface area contributed by atoms with Gasteiger partial charge >= 0.3 is 27.6 Å². The number of anilines is 1. The molecule has 47 heavy (non-hydrogen) atoms. The number of nitrogens with one attached hydrogen (secondary N) is 2. The van der Waals surface area contributed by atoms with Crippen molar-refractivity contribution in [2.75, 3.05) is 24.6 Å². The highest BCUT2D eigenvalue weighted by Crippen LogP contribution is 2.57. The number of nitrogen functional groups attached to an aromatic ring is 1. The summed E-state index contributed by atoms with van der Waals surface area (Å²) in [4.78, 5) is 81.8.